The molecule has 0 fully saturated rings. The van der Waals surface area contributed by atoms with Gasteiger partial charge >= 0.3 is 12.6 Å². The van der Waals surface area contributed by atoms with E-state index >= 15 is 0 Å². The molecule has 5 nitrogen and oxygen atoms in total. The van der Waals surface area contributed by atoms with E-state index in [1.54, 1.807) is 29.5 Å². The number of ether oxygens (including phenoxy) is 1. The van der Waals surface area contributed by atoms with Crippen molar-refractivity contribution in [3.05, 3.63) is 58.9 Å². The summed E-state index contributed by atoms with van der Waals surface area (Å²) in [5.74, 6) is -0.0271. The monoisotopic (exact) mass is 375 g/mol. The fourth-order valence-corrected chi connectivity index (χ4v) is 2.89. The minimum absolute atomic E-state index is 0.0271. The van der Waals surface area contributed by atoms with Crippen molar-refractivity contribution < 1.29 is 18.3 Å². The van der Waals surface area contributed by atoms with Crippen LogP contribution in [0.5, 0.6) is 5.75 Å². The fourth-order valence-electron chi connectivity index (χ4n) is 2.26. The molecule has 0 saturated carbocycles. The molecular formula is C18H15F2N3O2S. The van der Waals surface area contributed by atoms with Gasteiger partial charge in [-0.25, -0.2) is 9.78 Å². The molecule has 26 heavy (non-hydrogen) atoms. The van der Waals surface area contributed by atoms with Gasteiger partial charge in [0, 0.05) is 28.4 Å². The zero-order valence-electron chi connectivity index (χ0n) is 13.7. The van der Waals surface area contributed by atoms with Crippen LogP contribution in [0.4, 0.5) is 25.0 Å². The summed E-state index contributed by atoms with van der Waals surface area (Å²) in [4.78, 5) is 16.5. The Labute approximate surface area is 152 Å². The minimum Gasteiger partial charge on any atom is -0.435 e. The lowest BCUT2D eigenvalue weighted by Gasteiger charge is -2.10. The third-order valence-corrected chi connectivity index (χ3v) is 4.15. The van der Waals surface area contributed by atoms with Gasteiger partial charge in [0.25, 0.3) is 0 Å². The zero-order chi connectivity index (χ0) is 18.5. The Kier molecular flexibility index (Phi) is 5.43. The van der Waals surface area contributed by atoms with Crippen LogP contribution in [-0.4, -0.2) is 17.6 Å². The van der Waals surface area contributed by atoms with Crippen molar-refractivity contribution in [1.29, 1.82) is 0 Å². The molecule has 2 amide bonds. The number of nitrogens with zero attached hydrogens (tertiary/aromatic N) is 1. The van der Waals surface area contributed by atoms with E-state index in [2.05, 4.69) is 20.4 Å². The van der Waals surface area contributed by atoms with E-state index in [1.807, 2.05) is 24.4 Å². The number of thiazole rings is 1. The molecule has 134 valence electrons. The first-order valence-corrected chi connectivity index (χ1v) is 8.53. The summed E-state index contributed by atoms with van der Waals surface area (Å²) in [6, 6.07) is 12.6. The summed E-state index contributed by atoms with van der Waals surface area (Å²) < 4.78 is 28.8. The number of alkyl halides is 2. The van der Waals surface area contributed by atoms with E-state index in [9.17, 15) is 13.6 Å². The lowest BCUT2D eigenvalue weighted by molar-refractivity contribution is -0.0497. The minimum atomic E-state index is -2.92. The first-order valence-electron chi connectivity index (χ1n) is 7.65. The fraction of sp³-hybridized carbons (Fsp3) is 0.111. The van der Waals surface area contributed by atoms with Crippen LogP contribution in [0.2, 0.25) is 0 Å². The van der Waals surface area contributed by atoms with Crippen molar-refractivity contribution in [2.75, 3.05) is 10.6 Å². The number of rotatable bonds is 5. The maximum Gasteiger partial charge on any atom is 0.387 e. The highest BCUT2D eigenvalue weighted by Gasteiger charge is 2.08. The summed E-state index contributed by atoms with van der Waals surface area (Å²) in [7, 11) is 0. The number of carbonyl (C=O) groups is 1. The maximum absolute atomic E-state index is 12.2. The van der Waals surface area contributed by atoms with Gasteiger partial charge in [-0.2, -0.15) is 8.78 Å². The Morgan fingerprint density at radius 1 is 1.12 bits per heavy atom. The van der Waals surface area contributed by atoms with Gasteiger partial charge < -0.3 is 15.4 Å². The number of aromatic nitrogens is 1. The average molecular weight is 375 g/mol. The number of urea groups is 1. The summed E-state index contributed by atoms with van der Waals surface area (Å²) in [6.07, 6.45) is 0. The van der Waals surface area contributed by atoms with Gasteiger partial charge in [0.05, 0.1) is 10.7 Å². The molecule has 8 heteroatoms. The largest absolute Gasteiger partial charge is 0.435 e. The zero-order valence-corrected chi connectivity index (χ0v) is 14.5. The Morgan fingerprint density at radius 2 is 1.85 bits per heavy atom. The van der Waals surface area contributed by atoms with Crippen molar-refractivity contribution in [2.45, 2.75) is 13.5 Å². The Balaban J connectivity index is 1.61. The molecule has 0 spiro atoms. The van der Waals surface area contributed by atoms with Crippen molar-refractivity contribution >= 4 is 28.7 Å². The lowest BCUT2D eigenvalue weighted by Crippen LogP contribution is -2.19. The molecule has 0 atom stereocenters. The first kappa shape index (κ1) is 17.8. The van der Waals surface area contributed by atoms with E-state index in [0.29, 0.717) is 11.4 Å². The normalized spacial score (nSPS) is 10.6. The summed E-state index contributed by atoms with van der Waals surface area (Å²) in [5, 5.41) is 8.20. The summed E-state index contributed by atoms with van der Waals surface area (Å²) in [6.45, 7) is -0.977. The van der Waals surface area contributed by atoms with Gasteiger partial charge in [0.2, 0.25) is 0 Å². The predicted octanol–water partition coefficient (Wildman–Crippen LogP) is 5.36. The molecule has 3 rings (SSSR count). The molecule has 0 bridgehead atoms. The van der Waals surface area contributed by atoms with E-state index in [0.717, 1.165) is 16.3 Å². The molecule has 0 saturated heterocycles. The van der Waals surface area contributed by atoms with Crippen molar-refractivity contribution in [3.63, 3.8) is 0 Å². The number of carbonyl (C=O) groups excluding carboxylic acids is 1. The van der Waals surface area contributed by atoms with Crippen LogP contribution in [0.3, 0.4) is 0 Å². The number of anilines is 2. The van der Waals surface area contributed by atoms with E-state index in [-0.39, 0.29) is 5.75 Å². The van der Waals surface area contributed by atoms with Gasteiger partial charge in [-0.05, 0) is 31.2 Å². The second-order valence-corrected chi connectivity index (χ2v) is 6.38. The van der Waals surface area contributed by atoms with Crippen LogP contribution in [0.15, 0.2) is 53.9 Å². The molecule has 0 aliphatic heterocycles. The van der Waals surface area contributed by atoms with Gasteiger partial charge in [-0.1, -0.05) is 18.2 Å². The highest BCUT2D eigenvalue weighted by atomic mass is 32.1. The third-order valence-electron chi connectivity index (χ3n) is 3.37. The van der Waals surface area contributed by atoms with E-state index in [1.165, 1.54) is 18.2 Å². The van der Waals surface area contributed by atoms with Crippen molar-refractivity contribution in [2.24, 2.45) is 0 Å². The number of nitrogens with one attached hydrogen (secondary N) is 2. The van der Waals surface area contributed by atoms with Crippen LogP contribution in [-0.2, 0) is 0 Å². The topological polar surface area (TPSA) is 63.2 Å². The molecule has 0 unspecified atom stereocenters. The standard InChI is InChI=1S/C18H15F2N3O2S/c1-11-21-16(10-26-11)12-5-7-13(8-6-12)22-18(24)23-14-3-2-4-15(9-14)25-17(19)20/h2-10,17H,1H3,(H2,22,23,24). The van der Waals surface area contributed by atoms with Crippen LogP contribution in [0.25, 0.3) is 11.3 Å². The van der Waals surface area contributed by atoms with Gasteiger partial charge in [-0.15, -0.1) is 11.3 Å². The molecule has 0 aliphatic carbocycles. The number of aryl methyl sites for hydroxylation is 1. The molecule has 0 aliphatic rings. The molecule has 0 radical (unpaired) electrons. The van der Waals surface area contributed by atoms with Gasteiger partial charge in [0.15, 0.2) is 0 Å². The molecule has 1 aromatic heterocycles. The quantitative estimate of drug-likeness (QED) is 0.631. The Hall–Kier alpha value is -3.00. The SMILES string of the molecule is Cc1nc(-c2ccc(NC(=O)Nc3cccc(OC(F)F)c3)cc2)cs1. The highest BCUT2D eigenvalue weighted by molar-refractivity contribution is 7.09. The third kappa shape index (κ3) is 4.76. The van der Waals surface area contributed by atoms with Crippen LogP contribution in [0, 0.1) is 6.92 Å². The van der Waals surface area contributed by atoms with Crippen molar-refractivity contribution in [3.8, 4) is 17.0 Å². The number of benzene rings is 2. The van der Waals surface area contributed by atoms with E-state index in [4.69, 9.17) is 0 Å². The molecule has 1 heterocycles. The number of hydrogen-bond donors (Lipinski definition) is 2. The molecule has 3 aromatic rings. The second-order valence-electron chi connectivity index (χ2n) is 5.31. The highest BCUT2D eigenvalue weighted by Crippen LogP contribution is 2.23. The lowest BCUT2D eigenvalue weighted by atomic mass is 10.1. The van der Waals surface area contributed by atoms with Gasteiger partial charge in [0.1, 0.15) is 5.75 Å². The number of hydrogen-bond acceptors (Lipinski definition) is 4. The second kappa shape index (κ2) is 7.92. The van der Waals surface area contributed by atoms with Crippen LogP contribution >= 0.6 is 11.3 Å². The Bertz CT molecular complexity index is 897. The van der Waals surface area contributed by atoms with Crippen LogP contribution in [0.1, 0.15) is 5.01 Å². The summed E-state index contributed by atoms with van der Waals surface area (Å²) >= 11 is 1.57. The van der Waals surface area contributed by atoms with Crippen LogP contribution < -0.4 is 15.4 Å². The average Bonchev–Trinajstić information content (AvgIpc) is 3.01. The number of halogens is 2. The molecule has 2 aromatic carbocycles. The van der Waals surface area contributed by atoms with E-state index < -0.39 is 12.6 Å². The predicted molar refractivity (Wildman–Crippen MR) is 98.0 cm³/mol. The first-order chi connectivity index (χ1) is 12.5. The smallest absolute Gasteiger partial charge is 0.387 e. The maximum atomic E-state index is 12.2. The number of amides is 2. The summed E-state index contributed by atoms with van der Waals surface area (Å²) in [5.41, 5.74) is 2.78. The Morgan fingerprint density at radius 3 is 2.50 bits per heavy atom. The molecular weight excluding hydrogens is 360 g/mol. The molecule has 2 N–H and O–H groups in total. The van der Waals surface area contributed by atoms with Crippen molar-refractivity contribution in [1.82, 2.24) is 4.98 Å². The van der Waals surface area contributed by atoms with Gasteiger partial charge in [-0.3, -0.25) is 0 Å².